The van der Waals surface area contributed by atoms with Crippen LogP contribution in [0.3, 0.4) is 0 Å². The molecule has 0 aromatic heterocycles. The van der Waals surface area contributed by atoms with Crippen molar-refractivity contribution in [2.24, 2.45) is 5.73 Å². The maximum Gasteiger partial charge on any atom is 0.265 e. The van der Waals surface area contributed by atoms with E-state index < -0.39 is 17.9 Å². The summed E-state index contributed by atoms with van der Waals surface area (Å²) in [4.78, 5) is 23.2. The van der Waals surface area contributed by atoms with E-state index in [2.05, 4.69) is 5.32 Å². The summed E-state index contributed by atoms with van der Waals surface area (Å²) in [5.74, 6) is -0.694. The lowest BCUT2D eigenvalue weighted by Crippen LogP contribution is -2.30. The second-order valence-corrected chi connectivity index (χ2v) is 6.11. The van der Waals surface area contributed by atoms with E-state index in [1.165, 1.54) is 24.3 Å². The number of ether oxygens (including phenoxy) is 1. The Kier molecular flexibility index (Phi) is 5.94. The predicted molar refractivity (Wildman–Crippen MR) is 95.2 cm³/mol. The zero-order valence-electron chi connectivity index (χ0n) is 12.5. The average Bonchev–Trinajstić information content (AvgIpc) is 2.53. The molecule has 0 saturated carbocycles. The maximum atomic E-state index is 12.2. The lowest BCUT2D eigenvalue weighted by atomic mass is 10.2. The van der Waals surface area contributed by atoms with Gasteiger partial charge in [0.1, 0.15) is 5.75 Å². The summed E-state index contributed by atoms with van der Waals surface area (Å²) in [6, 6.07) is 9.04. The number of hydrogen-bond donors (Lipinski definition) is 2. The summed E-state index contributed by atoms with van der Waals surface area (Å²) in [5.41, 5.74) is 6.00. The Hall–Kier alpha value is -1.95. The van der Waals surface area contributed by atoms with E-state index in [4.69, 9.17) is 45.3 Å². The Labute approximate surface area is 153 Å². The first-order valence-corrected chi connectivity index (χ1v) is 7.93. The SMILES string of the molecule is C[C@@H](Oc1cc(Cl)c(Cl)cc1Cl)C(=O)Nc1ccc(C(N)=O)cc1. The van der Waals surface area contributed by atoms with Crippen molar-refractivity contribution >= 4 is 52.3 Å². The lowest BCUT2D eigenvalue weighted by molar-refractivity contribution is -0.122. The Bertz CT molecular complexity index is 779. The van der Waals surface area contributed by atoms with Crippen LogP contribution in [0.5, 0.6) is 5.75 Å². The molecule has 24 heavy (non-hydrogen) atoms. The van der Waals surface area contributed by atoms with E-state index in [-0.39, 0.29) is 15.8 Å². The van der Waals surface area contributed by atoms with E-state index in [9.17, 15) is 9.59 Å². The minimum absolute atomic E-state index is 0.245. The standard InChI is InChI=1S/C16H13Cl3N2O3/c1-8(24-14-7-12(18)11(17)6-13(14)19)16(23)21-10-4-2-9(3-5-10)15(20)22/h2-8H,1H3,(H2,20,22)(H,21,23)/t8-/m1/s1. The Morgan fingerprint density at radius 3 is 2.21 bits per heavy atom. The van der Waals surface area contributed by atoms with Crippen LogP contribution in [0, 0.1) is 0 Å². The van der Waals surface area contributed by atoms with Crippen molar-refractivity contribution in [3.8, 4) is 5.75 Å². The third kappa shape index (κ3) is 4.54. The van der Waals surface area contributed by atoms with Gasteiger partial charge in [0.2, 0.25) is 5.91 Å². The van der Waals surface area contributed by atoms with E-state index >= 15 is 0 Å². The van der Waals surface area contributed by atoms with Crippen molar-refractivity contribution in [1.29, 1.82) is 0 Å². The number of amides is 2. The van der Waals surface area contributed by atoms with Gasteiger partial charge in [-0.2, -0.15) is 0 Å². The molecule has 2 rings (SSSR count). The van der Waals surface area contributed by atoms with Gasteiger partial charge in [-0.1, -0.05) is 34.8 Å². The quantitative estimate of drug-likeness (QED) is 0.756. The fourth-order valence-corrected chi connectivity index (χ4v) is 2.38. The van der Waals surface area contributed by atoms with Crippen LogP contribution < -0.4 is 15.8 Å². The number of benzene rings is 2. The number of anilines is 1. The zero-order valence-corrected chi connectivity index (χ0v) is 14.7. The van der Waals surface area contributed by atoms with Crippen LogP contribution in [-0.2, 0) is 4.79 Å². The highest BCUT2D eigenvalue weighted by atomic mass is 35.5. The lowest BCUT2D eigenvalue weighted by Gasteiger charge is -2.16. The third-order valence-electron chi connectivity index (χ3n) is 3.08. The highest BCUT2D eigenvalue weighted by molar-refractivity contribution is 6.43. The summed E-state index contributed by atoms with van der Waals surface area (Å²) in [7, 11) is 0. The van der Waals surface area contributed by atoms with Gasteiger partial charge >= 0.3 is 0 Å². The number of halogens is 3. The van der Waals surface area contributed by atoms with Gasteiger partial charge in [-0.25, -0.2) is 0 Å². The van der Waals surface area contributed by atoms with Gasteiger partial charge < -0.3 is 15.8 Å². The number of hydrogen-bond acceptors (Lipinski definition) is 3. The van der Waals surface area contributed by atoms with Crippen molar-refractivity contribution in [3.63, 3.8) is 0 Å². The van der Waals surface area contributed by atoms with Crippen LogP contribution in [0.4, 0.5) is 5.69 Å². The number of primary amides is 1. The molecule has 3 N–H and O–H groups in total. The monoisotopic (exact) mass is 386 g/mol. The van der Waals surface area contributed by atoms with Crippen LogP contribution in [-0.4, -0.2) is 17.9 Å². The predicted octanol–water partition coefficient (Wildman–Crippen LogP) is 4.15. The molecule has 126 valence electrons. The first kappa shape index (κ1) is 18.4. The van der Waals surface area contributed by atoms with Gasteiger partial charge in [-0.15, -0.1) is 0 Å². The molecule has 2 aromatic rings. The molecule has 0 heterocycles. The number of nitrogens with one attached hydrogen (secondary N) is 1. The zero-order chi connectivity index (χ0) is 17.9. The molecular weight excluding hydrogens is 375 g/mol. The van der Waals surface area contributed by atoms with E-state index in [1.807, 2.05) is 0 Å². The van der Waals surface area contributed by atoms with Crippen LogP contribution in [0.25, 0.3) is 0 Å². The van der Waals surface area contributed by atoms with Crippen LogP contribution in [0.2, 0.25) is 15.1 Å². The molecule has 5 nitrogen and oxygen atoms in total. The van der Waals surface area contributed by atoms with Crippen molar-refractivity contribution in [2.45, 2.75) is 13.0 Å². The number of nitrogens with two attached hydrogens (primary N) is 1. The fraction of sp³-hybridized carbons (Fsp3) is 0.125. The summed E-state index contributed by atoms with van der Waals surface area (Å²) in [5, 5.41) is 3.46. The molecule has 0 unspecified atom stereocenters. The molecular formula is C16H13Cl3N2O3. The van der Waals surface area contributed by atoms with Crippen molar-refractivity contribution in [3.05, 3.63) is 57.0 Å². The third-order valence-corrected chi connectivity index (χ3v) is 4.10. The largest absolute Gasteiger partial charge is 0.479 e. The van der Waals surface area contributed by atoms with Gasteiger partial charge in [0, 0.05) is 17.3 Å². The molecule has 0 spiro atoms. The fourth-order valence-electron chi connectivity index (χ4n) is 1.80. The molecule has 2 aromatic carbocycles. The number of carbonyl (C=O) groups is 2. The summed E-state index contributed by atoms with van der Waals surface area (Å²) in [6.07, 6.45) is -0.837. The Morgan fingerprint density at radius 2 is 1.62 bits per heavy atom. The molecule has 0 aliphatic heterocycles. The number of carbonyl (C=O) groups excluding carboxylic acids is 2. The molecule has 1 atom stereocenters. The molecule has 0 bridgehead atoms. The molecule has 8 heteroatoms. The summed E-state index contributed by atoms with van der Waals surface area (Å²) in [6.45, 7) is 1.56. The van der Waals surface area contributed by atoms with E-state index in [1.54, 1.807) is 19.1 Å². The van der Waals surface area contributed by atoms with Crippen LogP contribution in [0.1, 0.15) is 17.3 Å². The van der Waals surface area contributed by atoms with Gasteiger partial charge in [0.25, 0.3) is 5.91 Å². The molecule has 0 fully saturated rings. The van der Waals surface area contributed by atoms with Crippen molar-refractivity contribution in [2.75, 3.05) is 5.32 Å². The minimum atomic E-state index is -0.837. The van der Waals surface area contributed by atoms with Crippen LogP contribution in [0.15, 0.2) is 36.4 Å². The topological polar surface area (TPSA) is 81.4 Å². The molecule has 0 radical (unpaired) electrons. The minimum Gasteiger partial charge on any atom is -0.479 e. The van der Waals surface area contributed by atoms with E-state index in [0.29, 0.717) is 16.3 Å². The van der Waals surface area contributed by atoms with Gasteiger partial charge in [0.05, 0.1) is 15.1 Å². The smallest absolute Gasteiger partial charge is 0.265 e. The second-order valence-electron chi connectivity index (χ2n) is 4.89. The second kappa shape index (κ2) is 7.75. The van der Waals surface area contributed by atoms with Crippen LogP contribution >= 0.6 is 34.8 Å². The molecule has 2 amide bonds. The first-order chi connectivity index (χ1) is 11.3. The number of rotatable bonds is 5. The highest BCUT2D eigenvalue weighted by Gasteiger charge is 2.17. The summed E-state index contributed by atoms with van der Waals surface area (Å²) >= 11 is 17.8. The van der Waals surface area contributed by atoms with E-state index in [0.717, 1.165) is 0 Å². The molecule has 0 aliphatic carbocycles. The molecule has 0 saturated heterocycles. The average molecular weight is 388 g/mol. The summed E-state index contributed by atoms with van der Waals surface area (Å²) < 4.78 is 5.52. The Balaban J connectivity index is 2.04. The van der Waals surface area contributed by atoms with Gasteiger partial charge in [0.15, 0.2) is 6.10 Å². The Morgan fingerprint density at radius 1 is 1.04 bits per heavy atom. The van der Waals surface area contributed by atoms with Crippen molar-refractivity contribution < 1.29 is 14.3 Å². The van der Waals surface area contributed by atoms with Gasteiger partial charge in [-0.05, 0) is 37.3 Å². The van der Waals surface area contributed by atoms with Gasteiger partial charge in [-0.3, -0.25) is 9.59 Å². The normalized spacial score (nSPS) is 11.7. The highest BCUT2D eigenvalue weighted by Crippen LogP contribution is 2.34. The maximum absolute atomic E-state index is 12.2. The van der Waals surface area contributed by atoms with Crippen molar-refractivity contribution in [1.82, 2.24) is 0 Å². The first-order valence-electron chi connectivity index (χ1n) is 6.80. The molecule has 0 aliphatic rings.